The first kappa shape index (κ1) is 25.3. The Balaban J connectivity index is 1.31. The molecule has 10 heteroatoms. The molecule has 2 heterocycles. The zero-order chi connectivity index (χ0) is 26.2. The van der Waals surface area contributed by atoms with Gasteiger partial charge in [0, 0.05) is 23.8 Å². The molecule has 0 spiro atoms. The van der Waals surface area contributed by atoms with E-state index in [0.717, 1.165) is 42.7 Å². The van der Waals surface area contributed by atoms with Gasteiger partial charge in [-0.2, -0.15) is 20.1 Å². The van der Waals surface area contributed by atoms with Crippen molar-refractivity contribution in [2.75, 3.05) is 35.8 Å². The van der Waals surface area contributed by atoms with Crippen LogP contribution in [0.25, 0.3) is 0 Å². The van der Waals surface area contributed by atoms with E-state index in [2.05, 4.69) is 35.7 Å². The number of nitrogens with zero attached hydrogens (tertiary/aromatic N) is 5. The number of hydrogen-bond acceptors (Lipinski definition) is 9. The molecule has 5 rings (SSSR count). The fourth-order valence-electron chi connectivity index (χ4n) is 3.97. The lowest BCUT2D eigenvalue weighted by Crippen LogP contribution is -2.21. The molecule has 4 aromatic rings. The van der Waals surface area contributed by atoms with Crippen LogP contribution >= 0.6 is 11.6 Å². The number of rotatable bonds is 10. The van der Waals surface area contributed by atoms with Gasteiger partial charge in [0.1, 0.15) is 6.61 Å². The Morgan fingerprint density at radius 2 is 1.68 bits per heavy atom. The Kier molecular flexibility index (Phi) is 8.15. The minimum absolute atomic E-state index is 0.351. The first-order chi connectivity index (χ1) is 18.7. The molecule has 0 radical (unpaired) electrons. The molecular formula is C28H28ClN7O2. The molecule has 1 fully saturated rings. The fraction of sp³-hybridized carbons (Fsp3) is 0.214. The number of methoxy groups -OCH3 is 1. The number of hydrazone groups is 1. The summed E-state index contributed by atoms with van der Waals surface area (Å²) >= 11 is 5.98. The molecular weight excluding hydrogens is 502 g/mol. The highest BCUT2D eigenvalue weighted by Crippen LogP contribution is 2.29. The summed E-state index contributed by atoms with van der Waals surface area (Å²) in [6.45, 7) is 2.22. The van der Waals surface area contributed by atoms with E-state index in [-0.39, 0.29) is 0 Å². The third-order valence-corrected chi connectivity index (χ3v) is 6.17. The number of anilines is 4. The van der Waals surface area contributed by atoms with E-state index >= 15 is 0 Å². The third kappa shape index (κ3) is 6.68. The summed E-state index contributed by atoms with van der Waals surface area (Å²) in [5.41, 5.74) is 5.66. The first-order valence-corrected chi connectivity index (χ1v) is 12.7. The maximum atomic E-state index is 6.01. The van der Waals surface area contributed by atoms with Crippen LogP contribution in [0.15, 0.2) is 77.9 Å². The highest BCUT2D eigenvalue weighted by molar-refractivity contribution is 6.30. The molecule has 1 aromatic heterocycles. The second-order valence-electron chi connectivity index (χ2n) is 8.66. The standard InChI is InChI=1S/C28H28ClN7O2/c1-37-24-14-11-21(17-25(24)38-19-20-9-12-22(29)13-10-20)18-30-35-27-32-26(31-23-7-3-2-4-8-23)33-28(34-27)36-15-5-6-16-36/h2-4,7-14,17-18H,5-6,15-16,19H2,1H3,(H2,31,32,33,34,35)/b30-18-. The number of hydrogen-bond donors (Lipinski definition) is 2. The molecule has 0 aliphatic carbocycles. The van der Waals surface area contributed by atoms with Gasteiger partial charge in [0.25, 0.3) is 0 Å². The summed E-state index contributed by atoms with van der Waals surface area (Å²) in [6.07, 6.45) is 3.92. The van der Waals surface area contributed by atoms with Crippen LogP contribution in [0.1, 0.15) is 24.0 Å². The van der Waals surface area contributed by atoms with Gasteiger partial charge in [-0.1, -0.05) is 41.9 Å². The number of ether oxygens (including phenoxy) is 2. The van der Waals surface area contributed by atoms with E-state index in [1.165, 1.54) is 0 Å². The van der Waals surface area contributed by atoms with Gasteiger partial charge in [0.05, 0.1) is 13.3 Å². The molecule has 1 aliphatic rings. The maximum Gasteiger partial charge on any atom is 0.250 e. The van der Waals surface area contributed by atoms with Crippen LogP contribution < -0.4 is 25.1 Å². The normalized spacial score (nSPS) is 13.1. The van der Waals surface area contributed by atoms with Gasteiger partial charge in [0.2, 0.25) is 17.8 Å². The molecule has 1 aliphatic heterocycles. The lowest BCUT2D eigenvalue weighted by Gasteiger charge is -2.16. The summed E-state index contributed by atoms with van der Waals surface area (Å²) in [6, 6.07) is 22.9. The van der Waals surface area contributed by atoms with Crippen molar-refractivity contribution in [2.24, 2.45) is 5.10 Å². The van der Waals surface area contributed by atoms with Crippen LogP contribution in [0.5, 0.6) is 11.5 Å². The van der Waals surface area contributed by atoms with E-state index in [1.807, 2.05) is 72.8 Å². The largest absolute Gasteiger partial charge is 0.493 e. The maximum absolute atomic E-state index is 6.01. The molecule has 38 heavy (non-hydrogen) atoms. The Labute approximate surface area is 226 Å². The van der Waals surface area contributed by atoms with Crippen molar-refractivity contribution in [3.8, 4) is 11.5 Å². The van der Waals surface area contributed by atoms with Crippen molar-refractivity contribution in [1.82, 2.24) is 15.0 Å². The van der Waals surface area contributed by atoms with Crippen molar-refractivity contribution in [1.29, 1.82) is 0 Å². The fourth-order valence-corrected chi connectivity index (χ4v) is 4.10. The summed E-state index contributed by atoms with van der Waals surface area (Å²) in [7, 11) is 1.61. The zero-order valence-corrected chi connectivity index (χ0v) is 21.7. The van der Waals surface area contributed by atoms with Gasteiger partial charge in [0.15, 0.2) is 11.5 Å². The zero-order valence-electron chi connectivity index (χ0n) is 21.0. The van der Waals surface area contributed by atoms with Gasteiger partial charge in [-0.3, -0.25) is 0 Å². The second kappa shape index (κ2) is 12.2. The minimum Gasteiger partial charge on any atom is -0.493 e. The molecule has 194 valence electrons. The Hall–Kier alpha value is -4.37. The highest BCUT2D eigenvalue weighted by Gasteiger charge is 2.17. The Bertz CT molecular complexity index is 1380. The van der Waals surface area contributed by atoms with Gasteiger partial charge in [-0.05, 0) is 66.4 Å². The van der Waals surface area contributed by atoms with E-state index in [9.17, 15) is 0 Å². The first-order valence-electron chi connectivity index (χ1n) is 12.3. The molecule has 0 unspecified atom stereocenters. The number of aromatic nitrogens is 3. The van der Waals surface area contributed by atoms with Crippen LogP contribution in [-0.4, -0.2) is 41.4 Å². The van der Waals surface area contributed by atoms with Crippen LogP contribution in [0, 0.1) is 0 Å². The molecule has 0 bridgehead atoms. The van der Waals surface area contributed by atoms with Crippen molar-refractivity contribution < 1.29 is 9.47 Å². The molecule has 0 saturated carbocycles. The highest BCUT2D eigenvalue weighted by atomic mass is 35.5. The van der Waals surface area contributed by atoms with Gasteiger partial charge < -0.3 is 19.7 Å². The van der Waals surface area contributed by atoms with Crippen LogP contribution in [0.4, 0.5) is 23.5 Å². The Morgan fingerprint density at radius 3 is 2.45 bits per heavy atom. The number of para-hydroxylation sites is 1. The van der Waals surface area contributed by atoms with E-state index in [4.69, 9.17) is 21.1 Å². The van der Waals surface area contributed by atoms with Crippen LogP contribution in [-0.2, 0) is 6.61 Å². The van der Waals surface area contributed by atoms with Gasteiger partial charge >= 0.3 is 0 Å². The number of halogens is 1. The number of nitrogens with one attached hydrogen (secondary N) is 2. The monoisotopic (exact) mass is 529 g/mol. The molecule has 9 nitrogen and oxygen atoms in total. The third-order valence-electron chi connectivity index (χ3n) is 5.92. The van der Waals surface area contributed by atoms with E-state index in [0.29, 0.717) is 41.0 Å². The summed E-state index contributed by atoms with van der Waals surface area (Å²) in [5.74, 6) is 2.67. The predicted octanol–water partition coefficient (Wildman–Crippen LogP) is 5.90. The predicted molar refractivity (Wildman–Crippen MR) is 151 cm³/mol. The Morgan fingerprint density at radius 1 is 0.921 bits per heavy atom. The average molecular weight is 530 g/mol. The quantitative estimate of drug-likeness (QED) is 0.193. The van der Waals surface area contributed by atoms with E-state index < -0.39 is 0 Å². The van der Waals surface area contributed by atoms with Crippen molar-refractivity contribution in [3.63, 3.8) is 0 Å². The smallest absolute Gasteiger partial charge is 0.250 e. The molecule has 2 N–H and O–H groups in total. The minimum atomic E-state index is 0.351. The lowest BCUT2D eigenvalue weighted by atomic mass is 10.2. The molecule has 3 aromatic carbocycles. The number of benzene rings is 3. The molecule has 0 atom stereocenters. The lowest BCUT2D eigenvalue weighted by molar-refractivity contribution is 0.284. The van der Waals surface area contributed by atoms with Gasteiger partial charge in [-0.15, -0.1) is 0 Å². The SMILES string of the molecule is COc1ccc(/C=N\Nc2nc(Nc3ccccc3)nc(N3CCCC3)n2)cc1OCc1ccc(Cl)cc1. The van der Waals surface area contributed by atoms with Crippen molar-refractivity contribution in [2.45, 2.75) is 19.4 Å². The average Bonchev–Trinajstić information content (AvgIpc) is 3.49. The second-order valence-corrected chi connectivity index (χ2v) is 9.10. The van der Waals surface area contributed by atoms with Crippen molar-refractivity contribution >= 4 is 41.3 Å². The molecule has 0 amide bonds. The topological polar surface area (TPSA) is 96.8 Å². The molecule has 1 saturated heterocycles. The van der Waals surface area contributed by atoms with Crippen LogP contribution in [0.3, 0.4) is 0 Å². The summed E-state index contributed by atoms with van der Waals surface area (Å²) < 4.78 is 11.5. The summed E-state index contributed by atoms with van der Waals surface area (Å²) in [5, 5.41) is 8.30. The van der Waals surface area contributed by atoms with E-state index in [1.54, 1.807) is 13.3 Å². The summed E-state index contributed by atoms with van der Waals surface area (Å²) in [4.78, 5) is 15.9. The van der Waals surface area contributed by atoms with Crippen LogP contribution in [0.2, 0.25) is 5.02 Å². The van der Waals surface area contributed by atoms with Gasteiger partial charge in [-0.25, -0.2) is 5.43 Å². The van der Waals surface area contributed by atoms with Crippen molar-refractivity contribution in [3.05, 3.63) is 88.9 Å².